The molecule has 1 aliphatic rings. The minimum Gasteiger partial charge on any atom is -0.491 e. The molecule has 0 unspecified atom stereocenters. The van der Waals surface area contributed by atoms with Crippen LogP contribution in [0.3, 0.4) is 0 Å². The summed E-state index contributed by atoms with van der Waals surface area (Å²) < 4.78 is 19.7. The van der Waals surface area contributed by atoms with Gasteiger partial charge in [-0.1, -0.05) is 6.58 Å². The Morgan fingerprint density at radius 1 is 1.00 bits per heavy atom. The highest BCUT2D eigenvalue weighted by Gasteiger charge is 2.27. The van der Waals surface area contributed by atoms with Gasteiger partial charge in [0.1, 0.15) is 11.5 Å². The molecule has 0 saturated heterocycles. The molecule has 1 fully saturated rings. The largest absolute Gasteiger partial charge is 0.491 e. The molecule has 0 heterocycles. The minimum atomic E-state index is -1.07. The predicted molar refractivity (Wildman–Crippen MR) is 95.5 cm³/mol. The first kappa shape index (κ1) is 22.1. The average Bonchev–Trinajstić information content (AvgIpc) is 2.69. The van der Waals surface area contributed by atoms with Crippen molar-refractivity contribution in [2.75, 3.05) is 21.3 Å². The monoisotopic (exact) mass is 382 g/mol. The highest BCUT2D eigenvalue weighted by molar-refractivity contribution is 6.32. The number of hydrogen-bond acceptors (Lipinski definition) is 8. The molecular formula is C18H26N2O7. The number of esters is 2. The lowest BCUT2D eigenvalue weighted by molar-refractivity contribution is -0.152. The SMILES string of the molecule is C=C(/C=C\C(NC(=O)C(=O)OC)=C(/N)OC)O[C@H]1CC[C@@H](C(=O)OC)CC1. The van der Waals surface area contributed by atoms with Crippen LogP contribution in [-0.4, -0.2) is 45.3 Å². The maximum atomic E-state index is 11.6. The number of allylic oxidation sites excluding steroid dienone is 2. The second kappa shape index (κ2) is 10.9. The summed E-state index contributed by atoms with van der Waals surface area (Å²) in [5.74, 6) is -2.12. The average molecular weight is 382 g/mol. The lowest BCUT2D eigenvalue weighted by Crippen LogP contribution is -2.32. The standard InChI is InChI=1S/C18H26N2O7/c1-11(27-13-8-6-12(7-9-13)17(22)25-3)5-10-14(15(19)24-2)20-16(21)18(23)26-4/h5,10,12-13H,1,6-9,19H2,2-4H3,(H,20,21)/b10-5-,15-14-/t12-,13+. The molecule has 0 aromatic heterocycles. The van der Waals surface area contributed by atoms with Crippen LogP contribution >= 0.6 is 0 Å². The van der Waals surface area contributed by atoms with Gasteiger partial charge in [0.15, 0.2) is 0 Å². The van der Waals surface area contributed by atoms with Gasteiger partial charge in [-0.25, -0.2) is 4.79 Å². The zero-order chi connectivity index (χ0) is 20.4. The Labute approximate surface area is 158 Å². The summed E-state index contributed by atoms with van der Waals surface area (Å²) in [7, 11) is 3.79. The van der Waals surface area contributed by atoms with Crippen molar-refractivity contribution in [3.05, 3.63) is 36.1 Å². The van der Waals surface area contributed by atoms with Crippen LogP contribution < -0.4 is 11.1 Å². The van der Waals surface area contributed by atoms with E-state index in [4.69, 9.17) is 19.9 Å². The molecule has 0 spiro atoms. The van der Waals surface area contributed by atoms with E-state index in [0.717, 1.165) is 7.11 Å². The van der Waals surface area contributed by atoms with Crippen molar-refractivity contribution in [1.82, 2.24) is 5.32 Å². The van der Waals surface area contributed by atoms with Gasteiger partial charge in [0.2, 0.25) is 5.88 Å². The molecule has 0 bridgehead atoms. The van der Waals surface area contributed by atoms with E-state index in [9.17, 15) is 14.4 Å². The lowest BCUT2D eigenvalue weighted by atomic mass is 9.87. The summed E-state index contributed by atoms with van der Waals surface area (Å²) in [5.41, 5.74) is 5.72. The summed E-state index contributed by atoms with van der Waals surface area (Å²) in [6.45, 7) is 3.80. The topological polar surface area (TPSA) is 126 Å². The van der Waals surface area contributed by atoms with Crippen molar-refractivity contribution >= 4 is 17.8 Å². The quantitative estimate of drug-likeness (QED) is 0.287. The van der Waals surface area contributed by atoms with E-state index in [-0.39, 0.29) is 29.6 Å². The van der Waals surface area contributed by atoms with Crippen LogP contribution in [0.2, 0.25) is 0 Å². The molecule has 0 aromatic carbocycles. The molecule has 0 atom stereocenters. The van der Waals surface area contributed by atoms with Crippen molar-refractivity contribution in [2.24, 2.45) is 11.7 Å². The van der Waals surface area contributed by atoms with Gasteiger partial charge in [0.05, 0.1) is 33.4 Å². The number of hydrogen-bond donors (Lipinski definition) is 2. The zero-order valence-corrected chi connectivity index (χ0v) is 15.8. The first-order valence-corrected chi connectivity index (χ1v) is 8.36. The van der Waals surface area contributed by atoms with Crippen LogP contribution in [0.25, 0.3) is 0 Å². The van der Waals surface area contributed by atoms with E-state index >= 15 is 0 Å². The van der Waals surface area contributed by atoms with Crippen molar-refractivity contribution in [3.8, 4) is 0 Å². The van der Waals surface area contributed by atoms with Gasteiger partial charge in [0, 0.05) is 0 Å². The van der Waals surface area contributed by atoms with Crippen LogP contribution in [0, 0.1) is 5.92 Å². The Hall–Kier alpha value is -2.97. The number of nitrogens with one attached hydrogen (secondary N) is 1. The van der Waals surface area contributed by atoms with Crippen LogP contribution in [0.5, 0.6) is 0 Å². The maximum Gasteiger partial charge on any atom is 0.396 e. The zero-order valence-electron chi connectivity index (χ0n) is 15.8. The molecule has 27 heavy (non-hydrogen) atoms. The molecule has 9 heteroatoms. The van der Waals surface area contributed by atoms with Gasteiger partial charge in [-0.05, 0) is 37.8 Å². The summed E-state index contributed by atoms with van der Waals surface area (Å²) in [5, 5.41) is 2.28. The molecule has 9 nitrogen and oxygen atoms in total. The Kier molecular flexibility index (Phi) is 8.91. The highest BCUT2D eigenvalue weighted by atomic mass is 16.5. The molecule has 150 valence electrons. The number of methoxy groups -OCH3 is 3. The van der Waals surface area contributed by atoms with Crippen molar-refractivity contribution in [3.63, 3.8) is 0 Å². The fraction of sp³-hybridized carbons (Fsp3) is 0.500. The van der Waals surface area contributed by atoms with Crippen molar-refractivity contribution in [1.29, 1.82) is 0 Å². The second-order valence-corrected chi connectivity index (χ2v) is 5.84. The predicted octanol–water partition coefficient (Wildman–Crippen LogP) is 0.868. The van der Waals surface area contributed by atoms with E-state index in [1.165, 1.54) is 26.4 Å². The third-order valence-corrected chi connectivity index (χ3v) is 4.07. The Balaban J connectivity index is 2.62. The first-order valence-electron chi connectivity index (χ1n) is 8.36. The number of rotatable bonds is 7. The Bertz CT molecular complexity index is 632. The van der Waals surface area contributed by atoms with Crippen LogP contribution in [0.15, 0.2) is 36.1 Å². The molecule has 1 aliphatic carbocycles. The van der Waals surface area contributed by atoms with Crippen LogP contribution in [0.4, 0.5) is 0 Å². The molecule has 1 saturated carbocycles. The van der Waals surface area contributed by atoms with Crippen molar-refractivity contribution < 1.29 is 33.3 Å². The summed E-state index contributed by atoms with van der Waals surface area (Å²) >= 11 is 0. The number of amides is 1. The van der Waals surface area contributed by atoms with Crippen LogP contribution in [-0.2, 0) is 33.3 Å². The fourth-order valence-corrected chi connectivity index (χ4v) is 2.57. The second-order valence-electron chi connectivity index (χ2n) is 5.84. The highest BCUT2D eigenvalue weighted by Crippen LogP contribution is 2.28. The molecule has 1 amide bonds. The number of carbonyl (C=O) groups excluding carboxylic acids is 3. The Morgan fingerprint density at radius 3 is 2.15 bits per heavy atom. The number of carbonyl (C=O) groups is 3. The van der Waals surface area contributed by atoms with Gasteiger partial charge in [-0.2, -0.15) is 0 Å². The third-order valence-electron chi connectivity index (χ3n) is 4.07. The summed E-state index contributed by atoms with van der Waals surface area (Å²) in [4.78, 5) is 34.4. The summed E-state index contributed by atoms with van der Waals surface area (Å²) in [6.07, 6.45) is 5.60. The van der Waals surface area contributed by atoms with E-state index < -0.39 is 11.9 Å². The van der Waals surface area contributed by atoms with E-state index in [1.54, 1.807) is 0 Å². The molecule has 3 N–H and O–H groups in total. The van der Waals surface area contributed by atoms with Gasteiger partial charge in [0.25, 0.3) is 0 Å². The first-order chi connectivity index (χ1) is 12.8. The fourth-order valence-electron chi connectivity index (χ4n) is 2.57. The number of nitrogens with two attached hydrogens (primary N) is 1. The third kappa shape index (κ3) is 7.04. The van der Waals surface area contributed by atoms with Crippen LogP contribution in [0.1, 0.15) is 25.7 Å². The van der Waals surface area contributed by atoms with E-state index in [1.807, 2.05) is 0 Å². The smallest absolute Gasteiger partial charge is 0.396 e. The minimum absolute atomic E-state index is 0.0621. The van der Waals surface area contributed by atoms with Crippen molar-refractivity contribution in [2.45, 2.75) is 31.8 Å². The molecule has 0 aromatic rings. The van der Waals surface area contributed by atoms with E-state index in [2.05, 4.69) is 16.6 Å². The molecular weight excluding hydrogens is 356 g/mol. The normalized spacial score (nSPS) is 20.3. The van der Waals surface area contributed by atoms with Gasteiger partial charge in [-0.15, -0.1) is 0 Å². The number of ether oxygens (including phenoxy) is 4. The lowest BCUT2D eigenvalue weighted by Gasteiger charge is -2.27. The molecule has 1 rings (SSSR count). The van der Waals surface area contributed by atoms with Gasteiger partial charge < -0.3 is 30.0 Å². The maximum absolute atomic E-state index is 11.6. The van der Waals surface area contributed by atoms with Gasteiger partial charge >= 0.3 is 17.8 Å². The van der Waals surface area contributed by atoms with E-state index in [0.29, 0.717) is 31.4 Å². The summed E-state index contributed by atoms with van der Waals surface area (Å²) in [6, 6.07) is 0. The van der Waals surface area contributed by atoms with Gasteiger partial charge in [-0.3, -0.25) is 9.59 Å². The molecule has 0 aliphatic heterocycles. The Morgan fingerprint density at radius 2 is 1.63 bits per heavy atom. The molecule has 0 radical (unpaired) electrons.